The molecule has 23 heavy (non-hydrogen) atoms. The van der Waals surface area contributed by atoms with E-state index in [1.807, 2.05) is 0 Å². The predicted molar refractivity (Wildman–Crippen MR) is 84.7 cm³/mol. The van der Waals surface area contributed by atoms with E-state index in [2.05, 4.69) is 34.4 Å². The van der Waals surface area contributed by atoms with Crippen molar-refractivity contribution in [1.82, 2.24) is 9.97 Å². The number of rotatable bonds is 6. The predicted octanol–water partition coefficient (Wildman–Crippen LogP) is 4.70. The van der Waals surface area contributed by atoms with Gasteiger partial charge in [0, 0.05) is 18.4 Å². The second-order valence-corrected chi connectivity index (χ2v) is 5.57. The second-order valence-electron chi connectivity index (χ2n) is 5.57. The van der Waals surface area contributed by atoms with Gasteiger partial charge in [0.2, 0.25) is 5.95 Å². The molecule has 2 N–H and O–H groups in total. The van der Waals surface area contributed by atoms with Gasteiger partial charge in [-0.1, -0.05) is 13.8 Å². The molecule has 2 aromatic rings. The average Bonchev–Trinajstić information content (AvgIpc) is 2.47. The Labute approximate surface area is 133 Å². The van der Waals surface area contributed by atoms with E-state index in [0.717, 1.165) is 25.1 Å². The van der Waals surface area contributed by atoms with E-state index in [1.165, 1.54) is 12.1 Å². The molecule has 0 saturated carbocycles. The molecule has 0 aliphatic rings. The van der Waals surface area contributed by atoms with Crippen molar-refractivity contribution >= 4 is 17.5 Å². The number of alkyl halides is 3. The van der Waals surface area contributed by atoms with Crippen molar-refractivity contribution in [1.29, 1.82) is 0 Å². The lowest BCUT2D eigenvalue weighted by molar-refractivity contribution is -0.137. The van der Waals surface area contributed by atoms with Crippen LogP contribution < -0.4 is 10.6 Å². The molecule has 1 heterocycles. The Morgan fingerprint density at radius 3 is 2.39 bits per heavy atom. The molecular weight excluding hydrogens is 305 g/mol. The maximum atomic E-state index is 12.5. The van der Waals surface area contributed by atoms with E-state index < -0.39 is 11.7 Å². The van der Waals surface area contributed by atoms with Gasteiger partial charge in [-0.05, 0) is 42.7 Å². The smallest absolute Gasteiger partial charge is 0.354 e. The molecule has 0 saturated heterocycles. The van der Waals surface area contributed by atoms with Crippen molar-refractivity contribution in [2.24, 2.45) is 5.92 Å². The molecule has 0 aliphatic carbocycles. The Morgan fingerprint density at radius 2 is 1.78 bits per heavy atom. The van der Waals surface area contributed by atoms with Crippen molar-refractivity contribution in [2.75, 3.05) is 17.2 Å². The third-order valence-corrected chi connectivity index (χ3v) is 3.15. The number of hydrogen-bond acceptors (Lipinski definition) is 4. The minimum atomic E-state index is -4.33. The van der Waals surface area contributed by atoms with Gasteiger partial charge in [0.25, 0.3) is 0 Å². The highest BCUT2D eigenvalue weighted by atomic mass is 19.4. The summed E-state index contributed by atoms with van der Waals surface area (Å²) in [6.45, 7) is 5.03. The van der Waals surface area contributed by atoms with E-state index in [4.69, 9.17) is 0 Å². The van der Waals surface area contributed by atoms with Gasteiger partial charge in [-0.25, -0.2) is 4.98 Å². The summed E-state index contributed by atoms with van der Waals surface area (Å²) in [6.07, 6.45) is -1.74. The first kappa shape index (κ1) is 17.1. The lowest BCUT2D eigenvalue weighted by atomic mass is 10.1. The van der Waals surface area contributed by atoms with Crippen molar-refractivity contribution in [3.8, 4) is 0 Å². The van der Waals surface area contributed by atoms with Crippen LogP contribution in [0.3, 0.4) is 0 Å². The van der Waals surface area contributed by atoms with E-state index >= 15 is 0 Å². The quantitative estimate of drug-likeness (QED) is 0.809. The van der Waals surface area contributed by atoms with Crippen LogP contribution in [0.25, 0.3) is 0 Å². The zero-order valence-electron chi connectivity index (χ0n) is 13.0. The first-order valence-electron chi connectivity index (χ1n) is 7.36. The van der Waals surface area contributed by atoms with Crippen molar-refractivity contribution in [2.45, 2.75) is 26.4 Å². The summed E-state index contributed by atoms with van der Waals surface area (Å²) >= 11 is 0. The summed E-state index contributed by atoms with van der Waals surface area (Å²) in [6, 6.07) is 6.47. The summed E-state index contributed by atoms with van der Waals surface area (Å²) in [5, 5.41) is 6.08. The first-order chi connectivity index (χ1) is 10.8. The molecule has 0 unspecified atom stereocenters. The molecule has 2 rings (SSSR count). The van der Waals surface area contributed by atoms with Gasteiger partial charge in [-0.2, -0.15) is 18.2 Å². The minimum absolute atomic E-state index is 0.488. The topological polar surface area (TPSA) is 49.8 Å². The maximum Gasteiger partial charge on any atom is 0.416 e. The van der Waals surface area contributed by atoms with E-state index in [0.29, 0.717) is 23.4 Å². The molecule has 0 bridgehead atoms. The molecule has 7 heteroatoms. The normalized spacial score (nSPS) is 11.6. The van der Waals surface area contributed by atoms with Crippen molar-refractivity contribution in [3.05, 3.63) is 42.1 Å². The molecule has 0 fully saturated rings. The fourth-order valence-corrected chi connectivity index (χ4v) is 1.88. The number of anilines is 3. The van der Waals surface area contributed by atoms with E-state index in [1.54, 1.807) is 12.3 Å². The Hall–Kier alpha value is -2.31. The Balaban J connectivity index is 2.00. The largest absolute Gasteiger partial charge is 0.416 e. The summed E-state index contributed by atoms with van der Waals surface area (Å²) < 4.78 is 37.6. The molecule has 0 atom stereocenters. The Kier molecular flexibility index (Phi) is 5.41. The summed E-state index contributed by atoms with van der Waals surface area (Å²) in [5.41, 5.74) is -0.147. The fourth-order valence-electron chi connectivity index (χ4n) is 1.88. The van der Waals surface area contributed by atoms with E-state index in [9.17, 15) is 13.2 Å². The number of aromatic nitrogens is 2. The van der Waals surface area contributed by atoms with Gasteiger partial charge in [-0.15, -0.1) is 0 Å². The van der Waals surface area contributed by atoms with Crippen molar-refractivity contribution in [3.63, 3.8) is 0 Å². The van der Waals surface area contributed by atoms with Crippen LogP contribution in [0.1, 0.15) is 25.8 Å². The van der Waals surface area contributed by atoms with Crippen LogP contribution in [0.4, 0.5) is 30.6 Å². The van der Waals surface area contributed by atoms with Crippen molar-refractivity contribution < 1.29 is 13.2 Å². The second kappa shape index (κ2) is 7.30. The van der Waals surface area contributed by atoms with Crippen LogP contribution in [0.5, 0.6) is 0 Å². The third-order valence-electron chi connectivity index (χ3n) is 3.15. The Morgan fingerprint density at radius 1 is 1.09 bits per heavy atom. The van der Waals surface area contributed by atoms with Crippen LogP contribution in [-0.4, -0.2) is 16.5 Å². The van der Waals surface area contributed by atoms with Gasteiger partial charge in [-0.3, -0.25) is 0 Å². The molecule has 1 aromatic heterocycles. The average molecular weight is 324 g/mol. The zero-order valence-corrected chi connectivity index (χ0v) is 13.0. The van der Waals surface area contributed by atoms with Gasteiger partial charge >= 0.3 is 6.18 Å². The van der Waals surface area contributed by atoms with Crippen LogP contribution in [0.2, 0.25) is 0 Å². The number of nitrogens with one attached hydrogen (secondary N) is 2. The number of nitrogens with zero attached hydrogens (tertiary/aromatic N) is 2. The monoisotopic (exact) mass is 324 g/mol. The zero-order chi connectivity index (χ0) is 16.9. The van der Waals surface area contributed by atoms with Gasteiger partial charge in [0.1, 0.15) is 5.82 Å². The fraction of sp³-hybridized carbons (Fsp3) is 0.375. The summed E-state index contributed by atoms with van der Waals surface area (Å²) in [4.78, 5) is 8.39. The minimum Gasteiger partial charge on any atom is -0.354 e. The molecule has 0 spiro atoms. The van der Waals surface area contributed by atoms with Gasteiger partial charge < -0.3 is 10.6 Å². The highest BCUT2D eigenvalue weighted by Crippen LogP contribution is 2.30. The lowest BCUT2D eigenvalue weighted by Gasteiger charge is -2.10. The summed E-state index contributed by atoms with van der Waals surface area (Å²) in [5.74, 6) is 1.59. The molecule has 1 aromatic carbocycles. The molecule has 124 valence electrons. The Bertz CT molecular complexity index is 624. The molecular formula is C16H19F3N4. The standard InChI is InChI=1S/C16H19F3N4/c1-11(2)7-9-20-15-21-10-8-14(23-15)22-13-5-3-12(4-6-13)16(17,18)19/h3-6,8,10-11H,7,9H2,1-2H3,(H2,20,21,22,23). The van der Waals surface area contributed by atoms with Crippen LogP contribution in [-0.2, 0) is 6.18 Å². The van der Waals surface area contributed by atoms with Crippen LogP contribution in [0, 0.1) is 5.92 Å². The number of benzene rings is 1. The maximum absolute atomic E-state index is 12.5. The van der Waals surface area contributed by atoms with Gasteiger partial charge in [0.05, 0.1) is 5.56 Å². The highest BCUT2D eigenvalue weighted by Gasteiger charge is 2.29. The first-order valence-corrected chi connectivity index (χ1v) is 7.36. The van der Waals surface area contributed by atoms with Gasteiger partial charge in [0.15, 0.2) is 0 Å². The SMILES string of the molecule is CC(C)CCNc1nccc(Nc2ccc(C(F)(F)F)cc2)n1. The van der Waals surface area contributed by atoms with Crippen LogP contribution in [0.15, 0.2) is 36.5 Å². The molecule has 4 nitrogen and oxygen atoms in total. The molecule has 0 aliphatic heterocycles. The summed E-state index contributed by atoms with van der Waals surface area (Å²) in [7, 11) is 0. The molecule has 0 radical (unpaired) electrons. The lowest BCUT2D eigenvalue weighted by Crippen LogP contribution is -2.08. The highest BCUT2D eigenvalue weighted by molar-refractivity contribution is 5.57. The van der Waals surface area contributed by atoms with E-state index in [-0.39, 0.29) is 0 Å². The number of halogens is 3. The third kappa shape index (κ3) is 5.43. The number of hydrogen-bond donors (Lipinski definition) is 2. The van der Waals surface area contributed by atoms with Crippen LogP contribution >= 0.6 is 0 Å². The molecule has 0 amide bonds.